The molecule has 2 rings (SSSR count). The van der Waals surface area contributed by atoms with E-state index in [2.05, 4.69) is 29.2 Å². The number of carbonyl (C=O) groups excluding carboxylic acids is 1. The van der Waals surface area contributed by atoms with Gasteiger partial charge in [0, 0.05) is 6.54 Å². The number of benzene rings is 1. The van der Waals surface area contributed by atoms with Crippen LogP contribution in [0, 0.1) is 0 Å². The molecule has 1 saturated heterocycles. The van der Waals surface area contributed by atoms with E-state index in [1.807, 2.05) is 13.8 Å². The Morgan fingerprint density at radius 1 is 1.33 bits per heavy atom. The molecule has 116 valence electrons. The fraction of sp³-hybridized carbons (Fsp3) is 0.588. The molecular weight excluding hydrogens is 264 g/mol. The van der Waals surface area contributed by atoms with Gasteiger partial charge in [-0.25, -0.2) is 0 Å². The van der Waals surface area contributed by atoms with Crippen LogP contribution in [-0.4, -0.2) is 34.1 Å². The van der Waals surface area contributed by atoms with Crippen LogP contribution in [0.5, 0.6) is 0 Å². The fourth-order valence-corrected chi connectivity index (χ4v) is 2.83. The Hall–Kier alpha value is -1.39. The van der Waals surface area contributed by atoms with Crippen LogP contribution < -0.4 is 5.73 Å². The van der Waals surface area contributed by atoms with Crippen molar-refractivity contribution in [2.75, 3.05) is 6.54 Å². The van der Waals surface area contributed by atoms with Gasteiger partial charge < -0.3 is 10.8 Å². The van der Waals surface area contributed by atoms with Crippen LogP contribution in [0.15, 0.2) is 24.3 Å². The molecule has 1 heterocycles. The molecule has 1 aliphatic heterocycles. The van der Waals surface area contributed by atoms with Crippen LogP contribution in [-0.2, 0) is 17.8 Å². The number of nitrogens with zero attached hydrogens (tertiary/aromatic N) is 1. The van der Waals surface area contributed by atoms with Crippen molar-refractivity contribution >= 4 is 5.91 Å². The van der Waals surface area contributed by atoms with Gasteiger partial charge in [0.05, 0.1) is 11.6 Å². The minimum absolute atomic E-state index is 0.111. The van der Waals surface area contributed by atoms with Crippen molar-refractivity contribution in [2.45, 2.75) is 57.7 Å². The Labute approximate surface area is 126 Å². The number of hydrogen-bond donors (Lipinski definition) is 2. The summed E-state index contributed by atoms with van der Waals surface area (Å²) in [4.78, 5) is 13.6. The third kappa shape index (κ3) is 4.83. The first kappa shape index (κ1) is 16.0. The highest BCUT2D eigenvalue weighted by atomic mass is 16.3. The highest BCUT2D eigenvalue weighted by Crippen LogP contribution is 2.20. The molecule has 21 heavy (non-hydrogen) atoms. The fourth-order valence-electron chi connectivity index (χ4n) is 2.83. The van der Waals surface area contributed by atoms with Crippen molar-refractivity contribution in [3.63, 3.8) is 0 Å². The molecule has 1 aliphatic rings. The van der Waals surface area contributed by atoms with Gasteiger partial charge in [-0.3, -0.25) is 9.69 Å². The normalized spacial score (nSPS) is 19.9. The zero-order valence-corrected chi connectivity index (χ0v) is 13.0. The van der Waals surface area contributed by atoms with Crippen LogP contribution in [0.25, 0.3) is 0 Å². The standard InChI is InChI=1S/C17H26N2O2/c1-17(2,21)10-9-13-5-7-14(8-6-13)12-19-11-3-4-15(19)16(18)20/h5-8,15,21H,3-4,9-12H2,1-2H3,(H2,18,20)/t15-/m0/s1. The predicted molar refractivity (Wildman–Crippen MR) is 83.7 cm³/mol. The first-order chi connectivity index (χ1) is 9.85. The molecule has 0 bridgehead atoms. The second-order valence-electron chi connectivity index (χ2n) is 6.66. The van der Waals surface area contributed by atoms with E-state index in [1.165, 1.54) is 11.1 Å². The summed E-state index contributed by atoms with van der Waals surface area (Å²) >= 11 is 0. The second kappa shape index (κ2) is 6.58. The lowest BCUT2D eigenvalue weighted by Crippen LogP contribution is -2.39. The van der Waals surface area contributed by atoms with Crippen LogP contribution in [0.1, 0.15) is 44.2 Å². The summed E-state index contributed by atoms with van der Waals surface area (Å²) in [7, 11) is 0. The molecule has 0 aromatic heterocycles. The average Bonchev–Trinajstić information content (AvgIpc) is 2.85. The third-order valence-corrected chi connectivity index (χ3v) is 4.13. The number of likely N-dealkylation sites (tertiary alicyclic amines) is 1. The Bertz CT molecular complexity index is 477. The lowest BCUT2D eigenvalue weighted by atomic mass is 9.98. The van der Waals surface area contributed by atoms with Crippen molar-refractivity contribution in [1.82, 2.24) is 4.90 Å². The van der Waals surface area contributed by atoms with Crippen LogP contribution >= 0.6 is 0 Å². The van der Waals surface area contributed by atoms with Crippen molar-refractivity contribution in [3.05, 3.63) is 35.4 Å². The van der Waals surface area contributed by atoms with E-state index in [4.69, 9.17) is 5.73 Å². The molecule has 0 spiro atoms. The van der Waals surface area contributed by atoms with Crippen molar-refractivity contribution < 1.29 is 9.90 Å². The number of hydrogen-bond acceptors (Lipinski definition) is 3. The van der Waals surface area contributed by atoms with Gasteiger partial charge in [0.15, 0.2) is 0 Å². The van der Waals surface area contributed by atoms with Gasteiger partial charge in [-0.2, -0.15) is 0 Å². The van der Waals surface area contributed by atoms with E-state index < -0.39 is 5.60 Å². The lowest BCUT2D eigenvalue weighted by molar-refractivity contribution is -0.122. The molecule has 0 unspecified atom stereocenters. The number of primary amides is 1. The molecule has 1 amide bonds. The Morgan fingerprint density at radius 2 is 1.95 bits per heavy atom. The highest BCUT2D eigenvalue weighted by molar-refractivity contribution is 5.80. The zero-order valence-electron chi connectivity index (χ0n) is 13.0. The Morgan fingerprint density at radius 3 is 2.52 bits per heavy atom. The largest absolute Gasteiger partial charge is 0.390 e. The van der Waals surface area contributed by atoms with Crippen LogP contribution in [0.4, 0.5) is 0 Å². The predicted octanol–water partition coefficient (Wildman–Crippen LogP) is 1.84. The van der Waals surface area contributed by atoms with Gasteiger partial charge >= 0.3 is 0 Å². The SMILES string of the molecule is CC(C)(O)CCc1ccc(CN2CCC[C@H]2C(N)=O)cc1. The van der Waals surface area contributed by atoms with Gasteiger partial charge in [0.2, 0.25) is 5.91 Å². The second-order valence-corrected chi connectivity index (χ2v) is 6.66. The molecule has 1 aromatic carbocycles. The molecule has 0 saturated carbocycles. The maximum atomic E-state index is 11.4. The molecule has 1 atom stereocenters. The Balaban J connectivity index is 1.92. The van der Waals surface area contributed by atoms with Gasteiger partial charge in [-0.1, -0.05) is 24.3 Å². The molecule has 1 aromatic rings. The van der Waals surface area contributed by atoms with Crippen molar-refractivity contribution in [2.24, 2.45) is 5.73 Å². The molecule has 0 aliphatic carbocycles. The Kier molecular flexibility index (Phi) is 5.01. The number of rotatable bonds is 6. The topological polar surface area (TPSA) is 66.6 Å². The van der Waals surface area contributed by atoms with Crippen LogP contribution in [0.3, 0.4) is 0 Å². The zero-order chi connectivity index (χ0) is 15.5. The van der Waals surface area contributed by atoms with E-state index in [-0.39, 0.29) is 11.9 Å². The summed E-state index contributed by atoms with van der Waals surface area (Å²) in [6.07, 6.45) is 3.54. The third-order valence-electron chi connectivity index (χ3n) is 4.13. The minimum atomic E-state index is -0.622. The number of nitrogens with two attached hydrogens (primary N) is 1. The summed E-state index contributed by atoms with van der Waals surface area (Å²) < 4.78 is 0. The number of carbonyl (C=O) groups is 1. The van der Waals surface area contributed by atoms with E-state index in [0.717, 1.165) is 38.8 Å². The summed E-state index contributed by atoms with van der Waals surface area (Å²) in [5.74, 6) is -0.214. The molecule has 3 N–H and O–H groups in total. The summed E-state index contributed by atoms with van der Waals surface area (Å²) in [6.45, 7) is 5.38. The number of aryl methyl sites for hydroxylation is 1. The number of amides is 1. The smallest absolute Gasteiger partial charge is 0.234 e. The first-order valence-corrected chi connectivity index (χ1v) is 7.69. The van der Waals surface area contributed by atoms with E-state index >= 15 is 0 Å². The van der Waals surface area contributed by atoms with Crippen LogP contribution in [0.2, 0.25) is 0 Å². The average molecular weight is 290 g/mol. The van der Waals surface area contributed by atoms with E-state index in [0.29, 0.717) is 0 Å². The van der Waals surface area contributed by atoms with Crippen molar-refractivity contribution in [3.8, 4) is 0 Å². The molecule has 1 fully saturated rings. The minimum Gasteiger partial charge on any atom is -0.390 e. The highest BCUT2D eigenvalue weighted by Gasteiger charge is 2.28. The summed E-state index contributed by atoms with van der Waals surface area (Å²) in [6, 6.07) is 8.32. The monoisotopic (exact) mass is 290 g/mol. The van der Waals surface area contributed by atoms with Gasteiger partial charge in [-0.05, 0) is 57.2 Å². The lowest BCUT2D eigenvalue weighted by Gasteiger charge is -2.22. The van der Waals surface area contributed by atoms with E-state index in [9.17, 15) is 9.90 Å². The molecule has 0 radical (unpaired) electrons. The molecule has 4 nitrogen and oxygen atoms in total. The summed E-state index contributed by atoms with van der Waals surface area (Å²) in [5.41, 5.74) is 7.25. The molecule has 4 heteroatoms. The number of aliphatic hydroxyl groups is 1. The van der Waals surface area contributed by atoms with Crippen molar-refractivity contribution in [1.29, 1.82) is 0 Å². The maximum Gasteiger partial charge on any atom is 0.234 e. The van der Waals surface area contributed by atoms with Gasteiger partial charge in [0.1, 0.15) is 0 Å². The first-order valence-electron chi connectivity index (χ1n) is 7.69. The quantitative estimate of drug-likeness (QED) is 0.840. The van der Waals surface area contributed by atoms with Gasteiger partial charge in [-0.15, -0.1) is 0 Å². The van der Waals surface area contributed by atoms with Gasteiger partial charge in [0.25, 0.3) is 0 Å². The molecular formula is C17H26N2O2. The summed E-state index contributed by atoms with van der Waals surface area (Å²) in [5, 5.41) is 9.75. The van der Waals surface area contributed by atoms with E-state index in [1.54, 1.807) is 0 Å². The maximum absolute atomic E-state index is 11.4.